The first-order valence-corrected chi connectivity index (χ1v) is 10.5. The maximum atomic E-state index is 12.9. The zero-order valence-electron chi connectivity index (χ0n) is 17.8. The van der Waals surface area contributed by atoms with Crippen LogP contribution in [0.4, 0.5) is 5.69 Å². The molecule has 1 aliphatic carbocycles. The molecule has 160 valence electrons. The van der Waals surface area contributed by atoms with Gasteiger partial charge in [-0.05, 0) is 56.5 Å². The minimum Gasteiger partial charge on any atom is -0.454 e. The summed E-state index contributed by atoms with van der Waals surface area (Å²) in [6, 6.07) is 15.5. The summed E-state index contributed by atoms with van der Waals surface area (Å²) in [5.74, 6) is -0.449. The summed E-state index contributed by atoms with van der Waals surface area (Å²) >= 11 is 0. The van der Waals surface area contributed by atoms with Crippen molar-refractivity contribution in [2.45, 2.75) is 44.6 Å². The zero-order valence-corrected chi connectivity index (χ0v) is 17.8. The van der Waals surface area contributed by atoms with Gasteiger partial charge >= 0.3 is 5.97 Å². The van der Waals surface area contributed by atoms with Crippen molar-refractivity contribution in [1.82, 2.24) is 4.90 Å². The molecule has 0 amide bonds. The van der Waals surface area contributed by atoms with Gasteiger partial charge in [0.25, 0.3) is 5.69 Å². The molecule has 0 aliphatic heterocycles. The van der Waals surface area contributed by atoms with E-state index in [1.807, 2.05) is 30.3 Å². The third kappa shape index (κ3) is 5.66. The first-order chi connectivity index (χ1) is 14.4. The standard InChI is InChI=1S/C24H30N2O4/c1-25(2)18-24(15-7-4-8-16-24)17-22(19-9-5-3-6-10-19)30-23(27)20-11-13-21(14-12-20)26(28)29/h3,5-6,9-14,22H,4,7-8,15-18H2,1-2H3/t22-/m0/s1. The normalized spacial score (nSPS) is 16.8. The number of rotatable bonds is 8. The quantitative estimate of drug-likeness (QED) is 0.331. The molecule has 1 saturated carbocycles. The first-order valence-electron chi connectivity index (χ1n) is 10.5. The Bertz CT molecular complexity index is 843. The second-order valence-electron chi connectivity index (χ2n) is 8.61. The minimum atomic E-state index is -0.476. The fourth-order valence-corrected chi connectivity index (χ4v) is 4.60. The van der Waals surface area contributed by atoms with Crippen LogP contribution in [-0.4, -0.2) is 36.4 Å². The van der Waals surface area contributed by atoms with Crippen LogP contribution < -0.4 is 0 Å². The Balaban J connectivity index is 1.83. The molecule has 6 nitrogen and oxygen atoms in total. The second kappa shape index (κ2) is 9.85. The van der Waals surface area contributed by atoms with Crippen LogP contribution in [0.5, 0.6) is 0 Å². The van der Waals surface area contributed by atoms with Crippen LogP contribution in [0, 0.1) is 15.5 Å². The smallest absolute Gasteiger partial charge is 0.338 e. The van der Waals surface area contributed by atoms with Crippen molar-refractivity contribution in [3.8, 4) is 0 Å². The number of carbonyl (C=O) groups excluding carboxylic acids is 1. The van der Waals surface area contributed by atoms with Gasteiger partial charge in [-0.15, -0.1) is 0 Å². The molecule has 0 unspecified atom stereocenters. The molecule has 0 N–H and O–H groups in total. The van der Waals surface area contributed by atoms with E-state index in [1.165, 1.54) is 43.5 Å². The Kier molecular flexibility index (Phi) is 7.21. The molecule has 0 bridgehead atoms. The van der Waals surface area contributed by atoms with Crippen molar-refractivity contribution >= 4 is 11.7 Å². The maximum absolute atomic E-state index is 12.9. The van der Waals surface area contributed by atoms with Gasteiger partial charge in [-0.1, -0.05) is 49.6 Å². The van der Waals surface area contributed by atoms with E-state index >= 15 is 0 Å². The number of hydrogen-bond donors (Lipinski definition) is 0. The van der Waals surface area contributed by atoms with Gasteiger partial charge in [-0.25, -0.2) is 4.79 Å². The molecule has 0 radical (unpaired) electrons. The number of nitro benzene ring substituents is 1. The van der Waals surface area contributed by atoms with Crippen molar-refractivity contribution < 1.29 is 14.5 Å². The minimum absolute atomic E-state index is 0.0432. The molecular formula is C24H30N2O4. The fraction of sp³-hybridized carbons (Fsp3) is 0.458. The van der Waals surface area contributed by atoms with E-state index in [2.05, 4.69) is 19.0 Å². The van der Waals surface area contributed by atoms with E-state index in [4.69, 9.17) is 4.74 Å². The van der Waals surface area contributed by atoms with Crippen molar-refractivity contribution in [3.05, 3.63) is 75.8 Å². The predicted octanol–water partition coefficient (Wildman–Crippen LogP) is 5.40. The SMILES string of the molecule is CN(C)CC1(C[C@H](OC(=O)c2ccc([N+](=O)[O-])cc2)c2ccccc2)CCCCC1. The molecule has 2 aromatic carbocycles. The summed E-state index contributed by atoms with van der Waals surface area (Å²) in [5, 5.41) is 10.9. The molecule has 3 rings (SSSR count). The summed E-state index contributed by atoms with van der Waals surface area (Å²) in [4.78, 5) is 25.5. The lowest BCUT2D eigenvalue weighted by molar-refractivity contribution is -0.384. The van der Waals surface area contributed by atoms with E-state index in [0.29, 0.717) is 5.56 Å². The highest BCUT2D eigenvalue weighted by atomic mass is 16.6. The summed E-state index contributed by atoms with van der Waals surface area (Å²) in [5.41, 5.74) is 1.37. The summed E-state index contributed by atoms with van der Waals surface area (Å²) in [6.45, 7) is 0.964. The van der Waals surface area contributed by atoms with E-state index in [-0.39, 0.29) is 17.2 Å². The average molecular weight is 411 g/mol. The number of esters is 1. The molecule has 1 aliphatic rings. The fourth-order valence-electron chi connectivity index (χ4n) is 4.60. The highest BCUT2D eigenvalue weighted by Gasteiger charge is 2.37. The van der Waals surface area contributed by atoms with Crippen LogP contribution >= 0.6 is 0 Å². The van der Waals surface area contributed by atoms with Crippen LogP contribution in [0.25, 0.3) is 0 Å². The third-order valence-electron chi connectivity index (χ3n) is 5.92. The third-order valence-corrected chi connectivity index (χ3v) is 5.92. The summed E-state index contributed by atoms with van der Waals surface area (Å²) in [7, 11) is 4.19. The second-order valence-corrected chi connectivity index (χ2v) is 8.61. The highest BCUT2D eigenvalue weighted by Crippen LogP contribution is 2.44. The van der Waals surface area contributed by atoms with Crippen molar-refractivity contribution in [1.29, 1.82) is 0 Å². The molecule has 30 heavy (non-hydrogen) atoms. The van der Waals surface area contributed by atoms with Crippen LogP contribution in [0.15, 0.2) is 54.6 Å². The number of nitro groups is 1. The molecule has 2 aromatic rings. The van der Waals surface area contributed by atoms with E-state index in [0.717, 1.165) is 31.4 Å². The molecule has 0 aromatic heterocycles. The number of ether oxygens (including phenoxy) is 1. The molecule has 0 saturated heterocycles. The Labute approximate surface area is 178 Å². The lowest BCUT2D eigenvalue weighted by atomic mass is 9.69. The van der Waals surface area contributed by atoms with Gasteiger partial charge in [0.1, 0.15) is 6.10 Å². The number of nitrogens with zero attached hydrogens (tertiary/aromatic N) is 2. The van der Waals surface area contributed by atoms with Gasteiger partial charge in [-0.3, -0.25) is 10.1 Å². The van der Waals surface area contributed by atoms with Gasteiger partial charge in [0.05, 0.1) is 10.5 Å². The predicted molar refractivity (Wildman–Crippen MR) is 116 cm³/mol. The maximum Gasteiger partial charge on any atom is 0.338 e. The Hall–Kier alpha value is -2.73. The summed E-state index contributed by atoms with van der Waals surface area (Å²) in [6.07, 6.45) is 6.33. The van der Waals surface area contributed by atoms with Crippen LogP contribution in [0.2, 0.25) is 0 Å². The molecule has 1 atom stereocenters. The number of non-ortho nitro benzene ring substituents is 1. The highest BCUT2D eigenvalue weighted by molar-refractivity contribution is 5.89. The zero-order chi connectivity index (χ0) is 21.6. The van der Waals surface area contributed by atoms with Crippen LogP contribution in [0.3, 0.4) is 0 Å². The van der Waals surface area contributed by atoms with Gasteiger partial charge in [-0.2, -0.15) is 0 Å². The van der Waals surface area contributed by atoms with Crippen molar-refractivity contribution in [3.63, 3.8) is 0 Å². The molecule has 6 heteroatoms. The number of hydrogen-bond acceptors (Lipinski definition) is 5. The van der Waals surface area contributed by atoms with Gasteiger partial charge in [0.2, 0.25) is 0 Å². The van der Waals surface area contributed by atoms with Crippen LogP contribution in [-0.2, 0) is 4.74 Å². The number of carbonyl (C=O) groups is 1. The molecular weight excluding hydrogens is 380 g/mol. The Morgan fingerprint density at radius 2 is 1.70 bits per heavy atom. The largest absolute Gasteiger partial charge is 0.454 e. The van der Waals surface area contributed by atoms with Crippen molar-refractivity contribution in [2.75, 3.05) is 20.6 Å². The lowest BCUT2D eigenvalue weighted by Crippen LogP contribution is -2.37. The molecule has 0 heterocycles. The average Bonchev–Trinajstić information content (AvgIpc) is 2.74. The molecule has 1 fully saturated rings. The van der Waals surface area contributed by atoms with Gasteiger partial charge in [0.15, 0.2) is 0 Å². The van der Waals surface area contributed by atoms with Gasteiger partial charge in [0, 0.05) is 18.7 Å². The van der Waals surface area contributed by atoms with E-state index in [1.54, 1.807) is 0 Å². The van der Waals surface area contributed by atoms with E-state index in [9.17, 15) is 14.9 Å². The van der Waals surface area contributed by atoms with Gasteiger partial charge < -0.3 is 9.64 Å². The van der Waals surface area contributed by atoms with Crippen LogP contribution in [0.1, 0.15) is 60.6 Å². The first kappa shape index (κ1) is 22.0. The topological polar surface area (TPSA) is 72.7 Å². The summed E-state index contributed by atoms with van der Waals surface area (Å²) < 4.78 is 6.01. The monoisotopic (exact) mass is 410 g/mol. The lowest BCUT2D eigenvalue weighted by Gasteiger charge is -2.41. The number of benzene rings is 2. The van der Waals surface area contributed by atoms with Crippen molar-refractivity contribution in [2.24, 2.45) is 5.41 Å². The van der Waals surface area contributed by atoms with E-state index < -0.39 is 10.9 Å². The Morgan fingerprint density at radius 1 is 1.07 bits per heavy atom. The Morgan fingerprint density at radius 3 is 2.27 bits per heavy atom. The molecule has 0 spiro atoms.